The predicted octanol–water partition coefficient (Wildman–Crippen LogP) is 1.51. The molecule has 3 heterocycles. The van der Waals surface area contributed by atoms with Crippen molar-refractivity contribution in [2.45, 2.75) is 191 Å². The van der Waals surface area contributed by atoms with Crippen LogP contribution in [0.25, 0.3) is 10.8 Å². The van der Waals surface area contributed by atoms with Crippen LogP contribution in [0.3, 0.4) is 0 Å². The van der Waals surface area contributed by atoms with Crippen LogP contribution >= 0.6 is 11.6 Å². The van der Waals surface area contributed by atoms with Crippen LogP contribution < -0.4 is 85.9 Å². The van der Waals surface area contributed by atoms with E-state index in [0.29, 0.717) is 58.6 Å². The highest BCUT2D eigenvalue weighted by Gasteiger charge is 2.41. The number of hydrogen-bond acceptors (Lipinski definition) is 18. The standard InChI is InChI=1S/C82H103ClN18O16/c1-45(2)35-60(71(106)92-59(16-9-10-33-87-46(3)4)80(115)101-34-12-17-68(101)79(114)88-47(5)70(84)105)93-73(108)63(38-51-23-30-58(31-24-51)91-81(85)116)95-75(110)64(39-50-21-28-57(29-22-50)90-69(104)42-66-77(112)100-82(117)99-66)97-78(113)67(44-102)98-76(111)65(41-53-13-11-32-86-43-53)96-74(109)62(37-49-19-26-56(83)27-20-49)94-72(107)61(89-48(6)103)40-52-18-25-54-14-7-8-15-55(54)36-52/h7-8,11,13-15,18-32,36,43,45-47,59-68,87,102H,9-10,12,16-17,33-35,37-42,44H2,1-6H3,(H2,84,105)(H,88,114)(H,89,103)(H,90,104)(H,92,106)(H,93,108)(H,94,107)(H,95,110)(H,96,109)(H,97,113)(H,98,111)(H3,85,91,116)(H2,99,100,112,117)/t47-,59+,60+,61-,62-,63-,64+,65-,66?,67+,68+/m1/s1. The van der Waals surface area contributed by atoms with E-state index in [4.69, 9.17) is 23.1 Å². The smallest absolute Gasteiger partial charge is 0.322 e. The van der Waals surface area contributed by atoms with Gasteiger partial charge in [0.25, 0.3) is 5.91 Å². The molecule has 34 nitrogen and oxygen atoms in total. The Labute approximate surface area is 681 Å². The molecule has 0 aliphatic carbocycles. The fraction of sp³-hybridized carbons (Fsp3) is 0.415. The van der Waals surface area contributed by atoms with E-state index in [1.165, 1.54) is 79.7 Å². The van der Waals surface area contributed by atoms with Crippen molar-refractivity contribution in [2.75, 3.05) is 30.3 Å². The van der Waals surface area contributed by atoms with E-state index in [0.717, 1.165) is 10.8 Å². The summed E-state index contributed by atoms with van der Waals surface area (Å²) in [7, 11) is 0. The van der Waals surface area contributed by atoms with E-state index in [1.54, 1.807) is 50.2 Å². The number of imide groups is 1. The minimum atomic E-state index is -1.92. The third kappa shape index (κ3) is 28.5. The van der Waals surface area contributed by atoms with Crippen LogP contribution in [0.1, 0.15) is 114 Å². The number of rotatable bonds is 42. The molecule has 1 aromatic heterocycles. The number of nitrogens with one attached hydrogen (secondary N) is 14. The summed E-state index contributed by atoms with van der Waals surface area (Å²) in [6.07, 6.45) is 2.99. The first-order valence-corrected chi connectivity index (χ1v) is 39.1. The lowest BCUT2D eigenvalue weighted by Gasteiger charge is -2.31. The van der Waals surface area contributed by atoms with Gasteiger partial charge in [-0.15, -0.1) is 0 Å². The quantitative estimate of drug-likeness (QED) is 0.0191. The Bertz CT molecular complexity index is 4540. The van der Waals surface area contributed by atoms with Gasteiger partial charge in [0.15, 0.2) is 0 Å². The molecule has 1 unspecified atom stereocenters. The number of fused-ring (bicyclic) bond motifs is 1. The van der Waals surface area contributed by atoms with Crippen molar-refractivity contribution in [1.82, 2.24) is 73.7 Å². The SMILES string of the molecule is CC(=O)N[C@H](Cc1ccc2ccccc2c1)C(=O)N[C@H](Cc1ccc(Cl)cc1)C(=O)N[C@H](Cc1cccnc1)C(=O)N[C@@H](CO)C(=O)N[C@@H](Cc1ccc(NC(=O)CC2NC(=O)NC2=O)cc1)C(=O)N[C@H](Cc1ccc(NC(N)=O)cc1)C(=O)N[C@@H](CC(C)C)C(=O)N[C@@H](CCCCNC(C)C)C(=O)N1CCC[C@H]1C(=O)N[C@H](C)C(N)=O. The maximum atomic E-state index is 15.4. The minimum Gasteiger partial charge on any atom is -0.394 e. The highest BCUT2D eigenvalue weighted by molar-refractivity contribution is 6.30. The molecule has 8 rings (SSSR count). The Morgan fingerprint density at radius 1 is 0.547 bits per heavy atom. The van der Waals surface area contributed by atoms with E-state index in [9.17, 15) is 67.4 Å². The van der Waals surface area contributed by atoms with Crippen LogP contribution in [-0.2, 0) is 94.4 Å². The topological polar surface area (TPSA) is 513 Å². The van der Waals surface area contributed by atoms with Crippen LogP contribution in [-0.4, -0.2) is 196 Å². The number of hydrogen-bond donors (Lipinski definition) is 17. The van der Waals surface area contributed by atoms with Gasteiger partial charge in [-0.2, -0.15) is 0 Å². The van der Waals surface area contributed by atoms with E-state index < -0.39 is 175 Å². The van der Waals surface area contributed by atoms with Crippen molar-refractivity contribution in [1.29, 1.82) is 0 Å². The fourth-order valence-corrected chi connectivity index (χ4v) is 13.5. The molecule has 2 aliphatic rings. The summed E-state index contributed by atoms with van der Waals surface area (Å²) in [6.45, 7) is 9.75. The molecular formula is C82H103ClN18O16. The van der Waals surface area contributed by atoms with Crippen LogP contribution in [0.2, 0.25) is 5.02 Å². The van der Waals surface area contributed by atoms with Crippen molar-refractivity contribution in [3.05, 3.63) is 173 Å². The summed E-state index contributed by atoms with van der Waals surface area (Å²) in [5.74, 6) is -10.9. The number of amides is 17. The van der Waals surface area contributed by atoms with Crippen molar-refractivity contribution in [3.8, 4) is 0 Å². The normalized spacial score (nSPS) is 16.0. The molecule has 0 spiro atoms. The molecular weight excluding hydrogens is 1530 g/mol. The lowest BCUT2D eigenvalue weighted by Crippen LogP contribution is -2.62. The predicted molar refractivity (Wildman–Crippen MR) is 434 cm³/mol. The number of nitrogens with two attached hydrogens (primary N) is 2. The Balaban J connectivity index is 1.09. The molecule has 17 amide bonds. The van der Waals surface area contributed by atoms with Crippen molar-refractivity contribution >= 4 is 123 Å². The largest absolute Gasteiger partial charge is 0.394 e. The van der Waals surface area contributed by atoms with Gasteiger partial charge < -0.3 is 90.6 Å². The van der Waals surface area contributed by atoms with E-state index >= 15 is 9.59 Å². The molecule has 2 fully saturated rings. The second kappa shape index (κ2) is 43.9. The summed E-state index contributed by atoms with van der Waals surface area (Å²) < 4.78 is 0. The number of aliphatic hydroxyl groups excluding tert-OH is 1. The van der Waals surface area contributed by atoms with E-state index in [-0.39, 0.29) is 74.8 Å². The highest BCUT2D eigenvalue weighted by Crippen LogP contribution is 2.24. The van der Waals surface area contributed by atoms with Gasteiger partial charge in [0, 0.05) is 80.4 Å². The number of urea groups is 2. The molecule has 0 bridgehead atoms. The Morgan fingerprint density at radius 3 is 1.54 bits per heavy atom. The molecule has 117 heavy (non-hydrogen) atoms. The van der Waals surface area contributed by atoms with Gasteiger partial charge in [0.1, 0.15) is 66.5 Å². The van der Waals surface area contributed by atoms with Gasteiger partial charge >= 0.3 is 12.1 Å². The monoisotopic (exact) mass is 1630 g/mol. The molecule has 0 radical (unpaired) electrons. The highest BCUT2D eigenvalue weighted by atomic mass is 35.5. The average molecular weight is 1630 g/mol. The number of carbonyl (C=O) groups excluding carboxylic acids is 15. The molecule has 2 saturated heterocycles. The van der Waals surface area contributed by atoms with Crippen LogP contribution in [0.4, 0.5) is 21.0 Å². The van der Waals surface area contributed by atoms with Gasteiger partial charge in [-0.3, -0.25) is 72.6 Å². The van der Waals surface area contributed by atoms with E-state index in [2.05, 4.69) is 79.4 Å². The molecule has 35 heteroatoms. The Morgan fingerprint density at radius 2 is 1.03 bits per heavy atom. The number of likely N-dealkylation sites (tertiary alicyclic amines) is 1. The number of carbonyl (C=O) groups is 15. The summed E-state index contributed by atoms with van der Waals surface area (Å²) in [6, 6.07) is 17.6. The number of anilines is 2. The van der Waals surface area contributed by atoms with Gasteiger partial charge in [-0.05, 0) is 139 Å². The first-order valence-electron chi connectivity index (χ1n) is 38.7. The first-order chi connectivity index (χ1) is 55.8. The lowest BCUT2D eigenvalue weighted by atomic mass is 9.99. The van der Waals surface area contributed by atoms with Crippen LogP contribution in [0.5, 0.6) is 0 Å². The number of nitrogens with zero attached hydrogens (tertiary/aromatic N) is 2. The second-order valence-electron chi connectivity index (χ2n) is 29.8. The molecule has 624 valence electrons. The molecule has 0 saturated carbocycles. The zero-order chi connectivity index (χ0) is 85.0. The van der Waals surface area contributed by atoms with Gasteiger partial charge in [-0.25, -0.2) is 9.59 Å². The molecule has 11 atom stereocenters. The number of halogens is 1. The second-order valence-corrected chi connectivity index (χ2v) is 30.2. The third-order valence-electron chi connectivity index (χ3n) is 19.4. The van der Waals surface area contributed by atoms with Crippen LogP contribution in [0, 0.1) is 5.92 Å². The van der Waals surface area contributed by atoms with Crippen LogP contribution in [0.15, 0.2) is 140 Å². The average Bonchev–Trinajstić information content (AvgIpc) is 1.78. The molecule has 6 aromatic rings. The lowest BCUT2D eigenvalue weighted by molar-refractivity contribution is -0.142. The molecule has 5 aromatic carbocycles. The first kappa shape index (κ1) is 90.1. The zero-order valence-electron chi connectivity index (χ0n) is 65.9. The number of aliphatic hydroxyl groups is 1. The third-order valence-corrected chi connectivity index (χ3v) is 19.7. The molecule has 2 aliphatic heterocycles. The van der Waals surface area contributed by atoms with Gasteiger partial charge in [-0.1, -0.05) is 124 Å². The number of benzene rings is 5. The number of aromatic nitrogens is 1. The molecule has 19 N–H and O–H groups in total. The van der Waals surface area contributed by atoms with Crippen molar-refractivity contribution in [2.24, 2.45) is 17.4 Å². The number of primary amides is 2. The maximum absolute atomic E-state index is 15.4. The Hall–Kier alpha value is -12.4. The Kier molecular flexibility index (Phi) is 33.8. The summed E-state index contributed by atoms with van der Waals surface area (Å²) in [5, 5.41) is 50.4. The number of unbranched alkanes of at least 4 members (excludes halogenated alkanes) is 1. The summed E-state index contributed by atoms with van der Waals surface area (Å²) in [4.78, 5) is 213. The summed E-state index contributed by atoms with van der Waals surface area (Å²) >= 11 is 6.27. The number of pyridine rings is 1. The summed E-state index contributed by atoms with van der Waals surface area (Å²) in [5.41, 5.74) is 13.6. The van der Waals surface area contributed by atoms with Gasteiger partial charge in [0.2, 0.25) is 70.9 Å². The van der Waals surface area contributed by atoms with Crippen molar-refractivity contribution < 1.29 is 77.0 Å². The van der Waals surface area contributed by atoms with E-state index in [1.807, 2.05) is 56.3 Å². The maximum Gasteiger partial charge on any atom is 0.322 e. The minimum absolute atomic E-state index is 0.00491. The zero-order valence-corrected chi connectivity index (χ0v) is 66.6. The van der Waals surface area contributed by atoms with Crippen molar-refractivity contribution in [3.63, 3.8) is 0 Å². The van der Waals surface area contributed by atoms with Gasteiger partial charge in [0.05, 0.1) is 13.0 Å². The fourth-order valence-electron chi connectivity index (χ4n) is 13.4.